The van der Waals surface area contributed by atoms with Gasteiger partial charge in [-0.25, -0.2) is 0 Å². The van der Waals surface area contributed by atoms with Crippen LogP contribution in [0, 0.1) is 6.92 Å². The van der Waals surface area contributed by atoms with E-state index in [-0.39, 0.29) is 24.9 Å². The molecule has 1 N–H and O–H groups in total. The number of benzene rings is 1. The molecule has 1 aromatic rings. The summed E-state index contributed by atoms with van der Waals surface area (Å²) in [5.74, 6) is -1.12. The summed E-state index contributed by atoms with van der Waals surface area (Å²) in [5.41, 5.74) is 1.98. The summed E-state index contributed by atoms with van der Waals surface area (Å²) < 4.78 is 0. The third-order valence-electron chi connectivity index (χ3n) is 3.61. The van der Waals surface area contributed by atoms with Gasteiger partial charge < -0.3 is 10.0 Å². The standard InChI is InChI=1S/C16H22ClNO3/c1-4-12(3)18(10-16(20)21)15(19)8-7-13-6-5-11(2)14(17)9-13/h5-6,9,12H,4,7-8,10H2,1-3H3,(H,20,21). The number of halogens is 1. The summed E-state index contributed by atoms with van der Waals surface area (Å²) in [6.07, 6.45) is 1.58. The third-order valence-corrected chi connectivity index (χ3v) is 4.02. The third kappa shape index (κ3) is 5.38. The number of carbonyl (C=O) groups excluding carboxylic acids is 1. The van der Waals surface area contributed by atoms with Crippen molar-refractivity contribution in [2.45, 2.75) is 46.1 Å². The first kappa shape index (κ1) is 17.5. The van der Waals surface area contributed by atoms with Crippen molar-refractivity contribution in [1.82, 2.24) is 4.90 Å². The largest absolute Gasteiger partial charge is 0.480 e. The molecule has 0 radical (unpaired) electrons. The van der Waals surface area contributed by atoms with Crippen LogP contribution in [0.2, 0.25) is 5.02 Å². The number of carboxylic acid groups (broad SMARTS) is 1. The Morgan fingerprint density at radius 1 is 1.38 bits per heavy atom. The lowest BCUT2D eigenvalue weighted by Gasteiger charge is -2.27. The monoisotopic (exact) mass is 311 g/mol. The van der Waals surface area contributed by atoms with Gasteiger partial charge in [0.15, 0.2) is 0 Å². The summed E-state index contributed by atoms with van der Waals surface area (Å²) in [7, 11) is 0. The van der Waals surface area contributed by atoms with Crippen LogP contribution in [-0.2, 0) is 16.0 Å². The summed E-state index contributed by atoms with van der Waals surface area (Å²) in [6.45, 7) is 5.48. The highest BCUT2D eigenvalue weighted by molar-refractivity contribution is 6.31. The number of aliphatic carboxylic acids is 1. The minimum Gasteiger partial charge on any atom is -0.480 e. The Hall–Kier alpha value is -1.55. The smallest absolute Gasteiger partial charge is 0.323 e. The molecule has 0 aliphatic rings. The topological polar surface area (TPSA) is 57.6 Å². The minimum atomic E-state index is -0.984. The maximum Gasteiger partial charge on any atom is 0.323 e. The molecule has 0 saturated carbocycles. The van der Waals surface area contributed by atoms with Crippen LogP contribution in [0.15, 0.2) is 18.2 Å². The number of aryl methyl sites for hydroxylation is 2. The molecule has 0 aliphatic heterocycles. The first-order chi connectivity index (χ1) is 9.85. The molecule has 1 atom stereocenters. The van der Waals surface area contributed by atoms with Gasteiger partial charge in [-0.2, -0.15) is 0 Å². The van der Waals surface area contributed by atoms with Crippen molar-refractivity contribution in [3.05, 3.63) is 34.3 Å². The molecule has 0 aromatic heterocycles. The Balaban J connectivity index is 2.68. The van der Waals surface area contributed by atoms with E-state index in [1.165, 1.54) is 4.90 Å². The summed E-state index contributed by atoms with van der Waals surface area (Å²) in [5, 5.41) is 9.60. The molecule has 21 heavy (non-hydrogen) atoms. The Bertz CT molecular complexity index is 516. The van der Waals surface area contributed by atoms with E-state index in [9.17, 15) is 9.59 Å². The molecule has 1 rings (SSSR count). The van der Waals surface area contributed by atoms with E-state index < -0.39 is 5.97 Å². The number of nitrogens with zero attached hydrogens (tertiary/aromatic N) is 1. The number of carbonyl (C=O) groups is 2. The average molecular weight is 312 g/mol. The zero-order valence-electron chi connectivity index (χ0n) is 12.7. The van der Waals surface area contributed by atoms with Crippen LogP contribution < -0.4 is 0 Å². The molecule has 116 valence electrons. The van der Waals surface area contributed by atoms with Crippen LogP contribution in [0.4, 0.5) is 0 Å². The van der Waals surface area contributed by atoms with Crippen LogP contribution in [0.3, 0.4) is 0 Å². The second-order valence-corrected chi connectivity index (χ2v) is 5.66. The van der Waals surface area contributed by atoms with E-state index in [1.807, 2.05) is 39.0 Å². The zero-order valence-corrected chi connectivity index (χ0v) is 13.5. The molecule has 0 fully saturated rings. The number of hydrogen-bond donors (Lipinski definition) is 1. The first-order valence-corrected chi connectivity index (χ1v) is 7.49. The Kier molecular flexibility index (Phi) is 6.69. The Morgan fingerprint density at radius 3 is 2.57 bits per heavy atom. The average Bonchev–Trinajstić information content (AvgIpc) is 2.44. The molecule has 4 nitrogen and oxygen atoms in total. The highest BCUT2D eigenvalue weighted by atomic mass is 35.5. The van der Waals surface area contributed by atoms with Crippen LogP contribution in [0.25, 0.3) is 0 Å². The maximum absolute atomic E-state index is 12.2. The van der Waals surface area contributed by atoms with Crippen molar-refractivity contribution in [1.29, 1.82) is 0 Å². The van der Waals surface area contributed by atoms with Crippen LogP contribution in [0.1, 0.15) is 37.8 Å². The fourth-order valence-corrected chi connectivity index (χ4v) is 2.25. The van der Waals surface area contributed by atoms with Gasteiger partial charge in [-0.15, -0.1) is 0 Å². The SMILES string of the molecule is CCC(C)N(CC(=O)O)C(=O)CCc1ccc(C)c(Cl)c1. The highest BCUT2D eigenvalue weighted by Crippen LogP contribution is 2.18. The number of carboxylic acids is 1. The van der Waals surface area contributed by atoms with Gasteiger partial charge in [-0.05, 0) is 43.9 Å². The van der Waals surface area contributed by atoms with Gasteiger partial charge in [0.1, 0.15) is 6.54 Å². The zero-order chi connectivity index (χ0) is 16.0. The predicted octanol–water partition coefficient (Wildman–Crippen LogP) is 3.29. The Morgan fingerprint density at radius 2 is 2.05 bits per heavy atom. The molecule has 0 saturated heterocycles. The lowest BCUT2D eigenvalue weighted by atomic mass is 10.1. The molecular weight excluding hydrogens is 290 g/mol. The van der Waals surface area contributed by atoms with Crippen molar-refractivity contribution < 1.29 is 14.7 Å². The highest BCUT2D eigenvalue weighted by Gasteiger charge is 2.21. The van der Waals surface area contributed by atoms with Gasteiger partial charge in [-0.3, -0.25) is 9.59 Å². The molecule has 0 spiro atoms. The summed E-state index contributed by atoms with van der Waals surface area (Å²) in [4.78, 5) is 24.5. The fraction of sp³-hybridized carbons (Fsp3) is 0.500. The van der Waals surface area contributed by atoms with E-state index in [0.29, 0.717) is 11.4 Å². The van der Waals surface area contributed by atoms with Crippen molar-refractivity contribution in [3.63, 3.8) is 0 Å². The molecule has 1 aromatic carbocycles. The molecule has 1 unspecified atom stereocenters. The van der Waals surface area contributed by atoms with Crippen molar-refractivity contribution in [2.24, 2.45) is 0 Å². The van der Waals surface area contributed by atoms with Gasteiger partial charge in [0.2, 0.25) is 5.91 Å². The van der Waals surface area contributed by atoms with E-state index >= 15 is 0 Å². The molecule has 0 aliphatic carbocycles. The van der Waals surface area contributed by atoms with Crippen LogP contribution in [-0.4, -0.2) is 34.5 Å². The van der Waals surface area contributed by atoms with E-state index in [2.05, 4.69) is 0 Å². The van der Waals surface area contributed by atoms with Gasteiger partial charge in [0.25, 0.3) is 0 Å². The number of amides is 1. The van der Waals surface area contributed by atoms with Gasteiger partial charge in [0.05, 0.1) is 0 Å². The van der Waals surface area contributed by atoms with Gasteiger partial charge in [-0.1, -0.05) is 30.7 Å². The molecule has 0 bridgehead atoms. The molecule has 1 amide bonds. The number of rotatable bonds is 7. The summed E-state index contributed by atoms with van der Waals surface area (Å²) in [6, 6.07) is 5.65. The second kappa shape index (κ2) is 8.03. The first-order valence-electron chi connectivity index (χ1n) is 7.11. The molecule has 0 heterocycles. The minimum absolute atomic E-state index is 0.0739. The lowest BCUT2D eigenvalue weighted by Crippen LogP contribution is -2.41. The Labute approximate surface area is 130 Å². The van der Waals surface area contributed by atoms with Crippen molar-refractivity contribution in [3.8, 4) is 0 Å². The fourth-order valence-electron chi connectivity index (χ4n) is 2.04. The maximum atomic E-state index is 12.2. The van der Waals surface area contributed by atoms with E-state index in [0.717, 1.165) is 17.5 Å². The molecular formula is C16H22ClNO3. The van der Waals surface area contributed by atoms with Crippen LogP contribution >= 0.6 is 11.6 Å². The lowest BCUT2D eigenvalue weighted by molar-refractivity contribution is -0.146. The predicted molar refractivity (Wildman–Crippen MR) is 83.6 cm³/mol. The van der Waals surface area contributed by atoms with E-state index in [4.69, 9.17) is 16.7 Å². The quantitative estimate of drug-likeness (QED) is 0.840. The summed E-state index contributed by atoms with van der Waals surface area (Å²) >= 11 is 6.06. The normalized spacial score (nSPS) is 12.0. The van der Waals surface area contributed by atoms with Gasteiger partial charge in [0, 0.05) is 17.5 Å². The van der Waals surface area contributed by atoms with E-state index in [1.54, 1.807) is 0 Å². The second-order valence-electron chi connectivity index (χ2n) is 5.26. The van der Waals surface area contributed by atoms with Crippen molar-refractivity contribution >= 4 is 23.5 Å². The van der Waals surface area contributed by atoms with Crippen LogP contribution in [0.5, 0.6) is 0 Å². The van der Waals surface area contributed by atoms with Gasteiger partial charge >= 0.3 is 5.97 Å². The number of hydrogen-bond acceptors (Lipinski definition) is 2. The van der Waals surface area contributed by atoms with Crippen molar-refractivity contribution in [2.75, 3.05) is 6.54 Å². The molecule has 5 heteroatoms.